The van der Waals surface area contributed by atoms with Crippen molar-refractivity contribution in [3.05, 3.63) is 29.6 Å². The molecular weight excluding hydrogens is 257 g/mol. The molecule has 0 atom stereocenters. The lowest BCUT2D eigenvalue weighted by molar-refractivity contribution is -0.141. The number of nitrogens with zero attached hydrogens (tertiary/aromatic N) is 2. The molecular formula is C13H13F3N2O. The molecule has 0 aliphatic carbocycles. The van der Waals surface area contributed by atoms with E-state index < -0.39 is 17.8 Å². The summed E-state index contributed by atoms with van der Waals surface area (Å²) < 4.78 is 37.0. The lowest BCUT2D eigenvalue weighted by atomic mass is 10.2. The van der Waals surface area contributed by atoms with E-state index in [0.717, 1.165) is 18.3 Å². The minimum atomic E-state index is -4.51. The van der Waals surface area contributed by atoms with Gasteiger partial charge in [-0.2, -0.15) is 13.2 Å². The SMILES string of the molecule is C#CCN(CCC)C(=O)c1ccc(C(F)(F)F)nc1. The van der Waals surface area contributed by atoms with Gasteiger partial charge in [0.05, 0.1) is 12.1 Å². The first-order valence-corrected chi connectivity index (χ1v) is 5.66. The van der Waals surface area contributed by atoms with E-state index in [-0.39, 0.29) is 12.1 Å². The number of rotatable bonds is 4. The van der Waals surface area contributed by atoms with Gasteiger partial charge in [-0.05, 0) is 18.6 Å². The van der Waals surface area contributed by atoms with Crippen LogP contribution in [0.1, 0.15) is 29.4 Å². The average molecular weight is 270 g/mol. The Hall–Kier alpha value is -2.03. The number of terminal acetylenes is 1. The summed E-state index contributed by atoms with van der Waals surface area (Å²) in [5, 5.41) is 0. The van der Waals surface area contributed by atoms with Crippen LogP contribution in [0.2, 0.25) is 0 Å². The molecule has 0 N–H and O–H groups in total. The van der Waals surface area contributed by atoms with Gasteiger partial charge >= 0.3 is 6.18 Å². The van der Waals surface area contributed by atoms with Crippen LogP contribution in [0, 0.1) is 12.3 Å². The first-order valence-electron chi connectivity index (χ1n) is 5.66. The maximum atomic E-state index is 12.3. The van der Waals surface area contributed by atoms with E-state index in [9.17, 15) is 18.0 Å². The van der Waals surface area contributed by atoms with Gasteiger partial charge in [0, 0.05) is 12.7 Å². The Morgan fingerprint density at radius 3 is 2.58 bits per heavy atom. The van der Waals surface area contributed by atoms with Crippen LogP contribution in [-0.4, -0.2) is 28.9 Å². The molecule has 0 aliphatic heterocycles. The Labute approximate surface area is 109 Å². The summed E-state index contributed by atoms with van der Waals surface area (Å²) in [6.07, 6.45) is 2.27. The zero-order chi connectivity index (χ0) is 14.5. The van der Waals surface area contributed by atoms with E-state index in [0.29, 0.717) is 13.0 Å². The molecule has 1 rings (SSSR count). The van der Waals surface area contributed by atoms with E-state index in [1.165, 1.54) is 4.90 Å². The van der Waals surface area contributed by atoms with Crippen LogP contribution in [0.15, 0.2) is 18.3 Å². The quantitative estimate of drug-likeness (QED) is 0.788. The fourth-order valence-electron chi connectivity index (χ4n) is 1.50. The third kappa shape index (κ3) is 3.98. The minimum absolute atomic E-state index is 0.0942. The lowest BCUT2D eigenvalue weighted by Gasteiger charge is -2.19. The van der Waals surface area contributed by atoms with Gasteiger partial charge in [-0.15, -0.1) is 6.42 Å². The number of pyridine rings is 1. The third-order valence-corrected chi connectivity index (χ3v) is 2.36. The van der Waals surface area contributed by atoms with Gasteiger partial charge in [-0.3, -0.25) is 9.78 Å². The van der Waals surface area contributed by atoms with Crippen molar-refractivity contribution in [2.24, 2.45) is 0 Å². The standard InChI is InChI=1S/C13H13F3N2O/c1-3-7-18(8-4-2)12(19)10-5-6-11(17-9-10)13(14,15)16/h1,5-6,9H,4,7-8H2,2H3. The molecule has 1 amide bonds. The Balaban J connectivity index is 2.91. The van der Waals surface area contributed by atoms with Crippen molar-refractivity contribution in [3.8, 4) is 12.3 Å². The summed E-state index contributed by atoms with van der Waals surface area (Å²) in [7, 11) is 0. The van der Waals surface area contributed by atoms with Crippen LogP contribution in [0.25, 0.3) is 0 Å². The van der Waals surface area contributed by atoms with Crippen LogP contribution < -0.4 is 0 Å². The normalized spacial score (nSPS) is 10.9. The van der Waals surface area contributed by atoms with E-state index in [1.807, 2.05) is 6.92 Å². The molecule has 3 nitrogen and oxygen atoms in total. The van der Waals surface area contributed by atoms with Gasteiger partial charge in [0.1, 0.15) is 5.69 Å². The molecule has 0 saturated heterocycles. The highest BCUT2D eigenvalue weighted by atomic mass is 19.4. The summed E-state index contributed by atoms with van der Waals surface area (Å²) in [5.74, 6) is 1.93. The number of halogens is 3. The van der Waals surface area contributed by atoms with Gasteiger partial charge in [-0.25, -0.2) is 0 Å². The summed E-state index contributed by atoms with van der Waals surface area (Å²) >= 11 is 0. The van der Waals surface area contributed by atoms with Crippen LogP contribution in [0.5, 0.6) is 0 Å². The smallest absolute Gasteiger partial charge is 0.327 e. The topological polar surface area (TPSA) is 33.2 Å². The van der Waals surface area contributed by atoms with Gasteiger partial charge < -0.3 is 4.90 Å². The van der Waals surface area contributed by atoms with Crippen molar-refractivity contribution in [2.45, 2.75) is 19.5 Å². The number of hydrogen-bond donors (Lipinski definition) is 0. The van der Waals surface area contributed by atoms with Gasteiger partial charge in [0.25, 0.3) is 5.91 Å². The largest absolute Gasteiger partial charge is 0.433 e. The molecule has 0 spiro atoms. The monoisotopic (exact) mass is 270 g/mol. The van der Waals surface area contributed by atoms with E-state index in [4.69, 9.17) is 6.42 Å². The molecule has 0 unspecified atom stereocenters. The first kappa shape index (κ1) is 15.0. The van der Waals surface area contributed by atoms with E-state index in [2.05, 4.69) is 10.9 Å². The van der Waals surface area contributed by atoms with Crippen molar-refractivity contribution in [1.29, 1.82) is 0 Å². The molecule has 0 aliphatic rings. The van der Waals surface area contributed by atoms with E-state index in [1.54, 1.807) is 0 Å². The molecule has 6 heteroatoms. The number of amides is 1. The van der Waals surface area contributed by atoms with Crippen molar-refractivity contribution in [3.63, 3.8) is 0 Å². The zero-order valence-corrected chi connectivity index (χ0v) is 10.4. The van der Waals surface area contributed by atoms with Crippen molar-refractivity contribution in [1.82, 2.24) is 9.88 Å². The third-order valence-electron chi connectivity index (χ3n) is 2.36. The second kappa shape index (κ2) is 6.23. The molecule has 1 aromatic heterocycles. The number of aromatic nitrogens is 1. The molecule has 102 valence electrons. The van der Waals surface area contributed by atoms with Crippen LogP contribution in [-0.2, 0) is 6.18 Å². The number of carbonyl (C=O) groups excluding carboxylic acids is 1. The predicted molar refractivity (Wildman–Crippen MR) is 64.3 cm³/mol. The van der Waals surface area contributed by atoms with E-state index >= 15 is 0 Å². The van der Waals surface area contributed by atoms with Crippen molar-refractivity contribution >= 4 is 5.91 Å². The molecule has 0 fully saturated rings. The second-order valence-electron chi connectivity index (χ2n) is 3.86. The average Bonchev–Trinajstić information content (AvgIpc) is 2.37. The molecule has 1 aromatic rings. The molecule has 19 heavy (non-hydrogen) atoms. The Morgan fingerprint density at radius 2 is 2.16 bits per heavy atom. The Kier molecular flexibility index (Phi) is 4.93. The summed E-state index contributed by atoms with van der Waals surface area (Å²) in [6, 6.07) is 1.89. The first-order chi connectivity index (χ1) is 8.90. The van der Waals surface area contributed by atoms with Crippen molar-refractivity contribution < 1.29 is 18.0 Å². The van der Waals surface area contributed by atoms with Crippen LogP contribution in [0.3, 0.4) is 0 Å². The minimum Gasteiger partial charge on any atom is -0.327 e. The predicted octanol–water partition coefficient (Wildman–Crippen LogP) is 2.59. The molecule has 0 aromatic carbocycles. The molecule has 0 bridgehead atoms. The van der Waals surface area contributed by atoms with Gasteiger partial charge in [0.2, 0.25) is 0 Å². The van der Waals surface area contributed by atoms with Crippen LogP contribution >= 0.6 is 0 Å². The fraction of sp³-hybridized carbons (Fsp3) is 0.385. The molecule has 0 saturated carbocycles. The maximum Gasteiger partial charge on any atom is 0.433 e. The van der Waals surface area contributed by atoms with Crippen LogP contribution in [0.4, 0.5) is 13.2 Å². The molecule has 0 radical (unpaired) electrons. The Morgan fingerprint density at radius 1 is 1.47 bits per heavy atom. The van der Waals surface area contributed by atoms with Crippen molar-refractivity contribution in [2.75, 3.05) is 13.1 Å². The number of hydrogen-bond acceptors (Lipinski definition) is 2. The highest BCUT2D eigenvalue weighted by Crippen LogP contribution is 2.27. The van der Waals surface area contributed by atoms with Gasteiger partial charge in [-0.1, -0.05) is 12.8 Å². The highest BCUT2D eigenvalue weighted by Gasteiger charge is 2.32. The Bertz CT molecular complexity index is 474. The maximum absolute atomic E-state index is 12.3. The number of alkyl halides is 3. The zero-order valence-electron chi connectivity index (χ0n) is 10.4. The highest BCUT2D eigenvalue weighted by molar-refractivity contribution is 5.94. The summed E-state index contributed by atoms with van der Waals surface area (Å²) in [5.41, 5.74) is -0.931. The fourth-order valence-corrected chi connectivity index (χ4v) is 1.50. The lowest BCUT2D eigenvalue weighted by Crippen LogP contribution is -2.32. The van der Waals surface area contributed by atoms with Gasteiger partial charge in [0.15, 0.2) is 0 Å². The second-order valence-corrected chi connectivity index (χ2v) is 3.86. The molecule has 1 heterocycles. The summed E-state index contributed by atoms with van der Waals surface area (Å²) in [6.45, 7) is 2.44. The number of carbonyl (C=O) groups is 1. The summed E-state index contributed by atoms with van der Waals surface area (Å²) in [4.78, 5) is 16.6.